The highest BCUT2D eigenvalue weighted by molar-refractivity contribution is 7.99. The molecule has 0 saturated heterocycles. The van der Waals surface area contributed by atoms with E-state index in [1.807, 2.05) is 6.07 Å². The van der Waals surface area contributed by atoms with Crippen molar-refractivity contribution in [3.05, 3.63) is 58.0 Å². The van der Waals surface area contributed by atoms with Gasteiger partial charge >= 0.3 is 5.69 Å². The maximum absolute atomic E-state index is 12.1. The van der Waals surface area contributed by atoms with Crippen LogP contribution in [0.4, 0.5) is 5.69 Å². The van der Waals surface area contributed by atoms with E-state index in [0.717, 1.165) is 11.8 Å². The number of fused-ring (bicyclic) bond motifs is 1. The van der Waals surface area contributed by atoms with Crippen molar-refractivity contribution in [3.63, 3.8) is 0 Å². The summed E-state index contributed by atoms with van der Waals surface area (Å²) >= 11 is 7.08. The Bertz CT molecular complexity index is 1180. The van der Waals surface area contributed by atoms with Gasteiger partial charge in [-0.15, -0.1) is 10.2 Å². The van der Waals surface area contributed by atoms with E-state index < -0.39 is 0 Å². The van der Waals surface area contributed by atoms with Gasteiger partial charge in [0.2, 0.25) is 11.8 Å². The van der Waals surface area contributed by atoms with Gasteiger partial charge < -0.3 is 19.7 Å². The number of anilines is 1. The molecular weight excluding hydrogens is 390 g/mol. The molecule has 8 nitrogen and oxygen atoms in total. The maximum Gasteiger partial charge on any atom is 0.323 e. The van der Waals surface area contributed by atoms with E-state index in [1.54, 1.807) is 36.4 Å². The van der Waals surface area contributed by atoms with Gasteiger partial charge in [-0.2, -0.15) is 0 Å². The third kappa shape index (κ3) is 4.04. The minimum Gasteiger partial charge on any atom is -0.411 e. The molecule has 4 aromatic rings. The third-order valence-corrected chi connectivity index (χ3v) is 4.66. The second kappa shape index (κ2) is 7.29. The number of H-pyrrole nitrogens is 2. The second-order valence-electron chi connectivity index (χ2n) is 5.56. The molecule has 3 N–H and O–H groups in total. The van der Waals surface area contributed by atoms with Gasteiger partial charge in [0.1, 0.15) is 0 Å². The quantitative estimate of drug-likeness (QED) is 0.442. The summed E-state index contributed by atoms with van der Waals surface area (Å²) in [7, 11) is 0. The highest BCUT2D eigenvalue weighted by Crippen LogP contribution is 2.25. The zero-order valence-corrected chi connectivity index (χ0v) is 15.2. The van der Waals surface area contributed by atoms with Gasteiger partial charge in [-0.1, -0.05) is 29.4 Å². The SMILES string of the molecule is O=C(CSc1nnc(-c2cccc(Cl)c2)o1)Nc1ccc2[nH]c(=O)[nH]c2c1. The van der Waals surface area contributed by atoms with Crippen molar-refractivity contribution in [1.82, 2.24) is 20.2 Å². The Labute approximate surface area is 161 Å². The normalized spacial score (nSPS) is 11.0. The van der Waals surface area contributed by atoms with Gasteiger partial charge in [0.05, 0.1) is 16.8 Å². The number of imidazole rings is 1. The number of carbonyl (C=O) groups excluding carboxylic acids is 1. The van der Waals surface area contributed by atoms with Gasteiger partial charge in [0.15, 0.2) is 0 Å². The molecule has 0 aliphatic heterocycles. The van der Waals surface area contributed by atoms with Crippen molar-refractivity contribution in [2.45, 2.75) is 5.22 Å². The van der Waals surface area contributed by atoms with Gasteiger partial charge in [0.25, 0.3) is 5.22 Å². The summed E-state index contributed by atoms with van der Waals surface area (Å²) in [6.45, 7) is 0. The summed E-state index contributed by atoms with van der Waals surface area (Å²) < 4.78 is 5.54. The van der Waals surface area contributed by atoms with E-state index in [1.165, 1.54) is 0 Å². The fourth-order valence-corrected chi connectivity index (χ4v) is 3.19. The fourth-order valence-electron chi connectivity index (χ4n) is 2.44. The predicted molar refractivity (Wildman–Crippen MR) is 103 cm³/mol. The summed E-state index contributed by atoms with van der Waals surface area (Å²) in [5.41, 5.74) is 2.28. The van der Waals surface area contributed by atoms with E-state index in [-0.39, 0.29) is 22.6 Å². The molecule has 0 spiro atoms. The van der Waals surface area contributed by atoms with Crippen molar-refractivity contribution in [1.29, 1.82) is 0 Å². The standard InChI is InChI=1S/C17H12ClN5O3S/c18-10-3-1-2-9(6-10)15-22-23-17(26-15)27-8-14(24)19-11-4-5-12-13(7-11)21-16(25)20-12/h1-7H,8H2,(H,19,24)(H2,20,21,25). The van der Waals surface area contributed by atoms with Crippen LogP contribution in [-0.4, -0.2) is 31.8 Å². The van der Waals surface area contributed by atoms with Gasteiger partial charge in [0, 0.05) is 16.3 Å². The minimum absolute atomic E-state index is 0.0961. The lowest BCUT2D eigenvalue weighted by Gasteiger charge is -2.03. The molecule has 0 atom stereocenters. The smallest absolute Gasteiger partial charge is 0.323 e. The Morgan fingerprint density at radius 3 is 2.85 bits per heavy atom. The Morgan fingerprint density at radius 2 is 2.00 bits per heavy atom. The van der Waals surface area contributed by atoms with E-state index in [4.69, 9.17) is 16.0 Å². The first-order valence-electron chi connectivity index (χ1n) is 7.81. The summed E-state index contributed by atoms with van der Waals surface area (Å²) in [6.07, 6.45) is 0. The van der Waals surface area contributed by atoms with Crippen LogP contribution in [-0.2, 0) is 4.79 Å². The van der Waals surface area contributed by atoms with Crippen LogP contribution in [0.25, 0.3) is 22.5 Å². The number of amides is 1. The van der Waals surface area contributed by atoms with Crippen LogP contribution in [0, 0.1) is 0 Å². The zero-order chi connectivity index (χ0) is 18.8. The maximum atomic E-state index is 12.1. The number of hydrogen-bond acceptors (Lipinski definition) is 6. The summed E-state index contributed by atoms with van der Waals surface area (Å²) in [5, 5.41) is 11.5. The van der Waals surface area contributed by atoms with E-state index in [9.17, 15) is 9.59 Å². The third-order valence-electron chi connectivity index (χ3n) is 3.60. The first kappa shape index (κ1) is 17.4. The lowest BCUT2D eigenvalue weighted by atomic mass is 10.2. The molecule has 0 fully saturated rings. The molecule has 0 unspecified atom stereocenters. The molecule has 0 bridgehead atoms. The molecule has 27 heavy (non-hydrogen) atoms. The predicted octanol–water partition coefficient (Wildman–Crippen LogP) is 3.29. The first-order valence-corrected chi connectivity index (χ1v) is 9.17. The topological polar surface area (TPSA) is 117 Å². The molecule has 0 saturated carbocycles. The van der Waals surface area contributed by atoms with Crippen LogP contribution in [0.2, 0.25) is 5.02 Å². The average Bonchev–Trinajstić information content (AvgIpc) is 3.25. The highest BCUT2D eigenvalue weighted by atomic mass is 35.5. The van der Waals surface area contributed by atoms with Crippen molar-refractivity contribution in [3.8, 4) is 11.5 Å². The number of aromatic nitrogens is 4. The van der Waals surface area contributed by atoms with Gasteiger partial charge in [-0.25, -0.2) is 4.79 Å². The lowest BCUT2D eigenvalue weighted by Crippen LogP contribution is -2.13. The Balaban J connectivity index is 1.38. The summed E-state index contributed by atoms with van der Waals surface area (Å²) in [6, 6.07) is 12.2. The number of rotatable bonds is 5. The molecule has 0 radical (unpaired) electrons. The van der Waals surface area contributed by atoms with E-state index in [0.29, 0.717) is 33.2 Å². The van der Waals surface area contributed by atoms with Crippen molar-refractivity contribution < 1.29 is 9.21 Å². The molecule has 0 aliphatic carbocycles. The number of halogens is 1. The van der Waals surface area contributed by atoms with Gasteiger partial charge in [-0.3, -0.25) is 4.79 Å². The number of benzene rings is 2. The van der Waals surface area contributed by atoms with Crippen molar-refractivity contribution in [2.75, 3.05) is 11.1 Å². The van der Waals surface area contributed by atoms with Crippen molar-refractivity contribution >= 4 is 46.0 Å². The molecule has 2 aromatic carbocycles. The number of nitrogens with zero attached hydrogens (tertiary/aromatic N) is 2. The van der Waals surface area contributed by atoms with Gasteiger partial charge in [-0.05, 0) is 36.4 Å². The van der Waals surface area contributed by atoms with Crippen molar-refractivity contribution in [2.24, 2.45) is 0 Å². The highest BCUT2D eigenvalue weighted by Gasteiger charge is 2.12. The monoisotopic (exact) mass is 401 g/mol. The van der Waals surface area contributed by atoms with Crippen LogP contribution in [0.5, 0.6) is 0 Å². The molecule has 10 heteroatoms. The molecule has 2 aromatic heterocycles. The summed E-state index contributed by atoms with van der Waals surface area (Å²) in [4.78, 5) is 28.7. The molecule has 2 heterocycles. The largest absolute Gasteiger partial charge is 0.411 e. The molecule has 136 valence electrons. The lowest BCUT2D eigenvalue weighted by molar-refractivity contribution is -0.113. The Hall–Kier alpha value is -3.04. The number of carbonyl (C=O) groups is 1. The molecular formula is C17H12ClN5O3S. The molecule has 1 amide bonds. The molecule has 0 aliphatic rings. The number of hydrogen-bond donors (Lipinski definition) is 3. The molecule has 4 rings (SSSR count). The van der Waals surface area contributed by atoms with Crippen LogP contribution in [0.3, 0.4) is 0 Å². The number of aromatic amines is 2. The fraction of sp³-hybridized carbons (Fsp3) is 0.0588. The van der Waals surface area contributed by atoms with E-state index >= 15 is 0 Å². The zero-order valence-electron chi connectivity index (χ0n) is 13.7. The second-order valence-corrected chi connectivity index (χ2v) is 6.92. The summed E-state index contributed by atoms with van der Waals surface area (Å²) in [5.74, 6) is 0.195. The van der Waals surface area contributed by atoms with E-state index in [2.05, 4.69) is 25.5 Å². The minimum atomic E-state index is -0.295. The number of nitrogens with one attached hydrogen (secondary N) is 3. The number of thioether (sulfide) groups is 1. The first-order chi connectivity index (χ1) is 13.1. The Morgan fingerprint density at radius 1 is 1.15 bits per heavy atom. The van der Waals surface area contributed by atoms with Crippen LogP contribution in [0.1, 0.15) is 0 Å². The van der Waals surface area contributed by atoms with Crippen LogP contribution in [0.15, 0.2) is 56.9 Å². The Kier molecular flexibility index (Phi) is 4.69. The van der Waals surface area contributed by atoms with Crippen LogP contribution >= 0.6 is 23.4 Å². The van der Waals surface area contributed by atoms with Crippen LogP contribution < -0.4 is 11.0 Å². The average molecular weight is 402 g/mol.